The summed E-state index contributed by atoms with van der Waals surface area (Å²) in [7, 11) is 1.57. The third-order valence-corrected chi connectivity index (χ3v) is 3.83. The summed E-state index contributed by atoms with van der Waals surface area (Å²) in [6, 6.07) is 4.38. The molecule has 0 saturated carbocycles. The Morgan fingerprint density at radius 1 is 1.48 bits per heavy atom. The highest BCUT2D eigenvalue weighted by Crippen LogP contribution is 2.27. The van der Waals surface area contributed by atoms with E-state index in [0.29, 0.717) is 28.8 Å². The molecule has 1 rings (SSSR count). The van der Waals surface area contributed by atoms with Crippen LogP contribution >= 0.6 is 23.2 Å². The Bertz CT molecular complexity index is 485. The van der Waals surface area contributed by atoms with Gasteiger partial charge in [0.1, 0.15) is 0 Å². The number of primary amides is 1. The predicted molar refractivity (Wildman–Crippen MR) is 83.5 cm³/mol. The van der Waals surface area contributed by atoms with E-state index >= 15 is 0 Å². The summed E-state index contributed by atoms with van der Waals surface area (Å²) in [6.07, 6.45) is -0.853. The molecule has 0 aromatic heterocycles. The fraction of sp³-hybridized carbons (Fsp3) is 0.500. The van der Waals surface area contributed by atoms with Gasteiger partial charge in [-0.05, 0) is 19.1 Å². The summed E-state index contributed by atoms with van der Waals surface area (Å²) < 4.78 is 5.01. The van der Waals surface area contributed by atoms with E-state index in [-0.39, 0.29) is 6.54 Å². The molecular formula is C14H20Cl2N2O3. The molecule has 3 N–H and O–H groups in total. The first-order valence-corrected chi connectivity index (χ1v) is 7.27. The Hall–Kier alpha value is -0.850. The van der Waals surface area contributed by atoms with Crippen LogP contribution in [0.25, 0.3) is 0 Å². The SMILES string of the molecule is COCCN(CC(O)c1ccc(Cl)cc1Cl)C(C)C(N)=O. The standard InChI is InChI=1S/C14H20Cl2N2O3/c1-9(14(17)20)18(5-6-21-2)8-13(19)11-4-3-10(15)7-12(11)16/h3-4,7,9,13,19H,5-6,8H2,1-2H3,(H2,17,20). The Kier molecular flexibility index (Phi) is 7.42. The Labute approximate surface area is 134 Å². The number of carbonyl (C=O) groups is 1. The summed E-state index contributed by atoms with van der Waals surface area (Å²) in [5.74, 6) is -0.458. The van der Waals surface area contributed by atoms with Crippen molar-refractivity contribution in [2.24, 2.45) is 5.73 Å². The van der Waals surface area contributed by atoms with Gasteiger partial charge in [0, 0.05) is 35.8 Å². The van der Waals surface area contributed by atoms with Crippen LogP contribution in [0.2, 0.25) is 10.0 Å². The largest absolute Gasteiger partial charge is 0.387 e. The topological polar surface area (TPSA) is 75.8 Å². The zero-order valence-corrected chi connectivity index (χ0v) is 13.6. The van der Waals surface area contributed by atoms with Crippen molar-refractivity contribution in [3.8, 4) is 0 Å². The van der Waals surface area contributed by atoms with E-state index in [9.17, 15) is 9.90 Å². The summed E-state index contributed by atoms with van der Waals surface area (Å²) in [4.78, 5) is 13.1. The Balaban J connectivity index is 2.83. The van der Waals surface area contributed by atoms with Crippen molar-refractivity contribution in [1.29, 1.82) is 0 Å². The van der Waals surface area contributed by atoms with Crippen LogP contribution < -0.4 is 5.73 Å². The number of ether oxygens (including phenoxy) is 1. The number of methoxy groups -OCH3 is 1. The molecule has 0 bridgehead atoms. The molecule has 118 valence electrons. The molecule has 0 aliphatic heterocycles. The number of aliphatic hydroxyl groups is 1. The maximum Gasteiger partial charge on any atom is 0.234 e. The van der Waals surface area contributed by atoms with E-state index in [1.807, 2.05) is 0 Å². The van der Waals surface area contributed by atoms with Crippen molar-refractivity contribution in [2.45, 2.75) is 19.1 Å². The molecule has 2 atom stereocenters. The molecule has 1 amide bonds. The van der Waals surface area contributed by atoms with Gasteiger partial charge in [0.15, 0.2) is 0 Å². The zero-order valence-electron chi connectivity index (χ0n) is 12.1. The van der Waals surface area contributed by atoms with Gasteiger partial charge < -0.3 is 15.6 Å². The van der Waals surface area contributed by atoms with Crippen molar-refractivity contribution in [3.05, 3.63) is 33.8 Å². The van der Waals surface area contributed by atoms with Crippen LogP contribution in [-0.2, 0) is 9.53 Å². The van der Waals surface area contributed by atoms with Gasteiger partial charge in [0.25, 0.3) is 0 Å². The molecule has 0 aliphatic carbocycles. The summed E-state index contributed by atoms with van der Waals surface area (Å²) in [5.41, 5.74) is 5.88. The highest BCUT2D eigenvalue weighted by molar-refractivity contribution is 6.35. The van der Waals surface area contributed by atoms with Gasteiger partial charge in [0.05, 0.1) is 18.8 Å². The number of amides is 1. The Morgan fingerprint density at radius 2 is 2.14 bits per heavy atom. The molecule has 0 saturated heterocycles. The van der Waals surface area contributed by atoms with E-state index in [4.69, 9.17) is 33.7 Å². The first kappa shape index (κ1) is 18.2. The molecule has 1 aromatic carbocycles. The average Bonchev–Trinajstić information content (AvgIpc) is 2.42. The molecule has 0 spiro atoms. The molecule has 5 nitrogen and oxygen atoms in total. The molecule has 1 aromatic rings. The fourth-order valence-electron chi connectivity index (χ4n) is 1.92. The third-order valence-electron chi connectivity index (χ3n) is 3.27. The van der Waals surface area contributed by atoms with Gasteiger partial charge in [-0.15, -0.1) is 0 Å². The number of benzene rings is 1. The van der Waals surface area contributed by atoms with Gasteiger partial charge in [-0.3, -0.25) is 9.69 Å². The summed E-state index contributed by atoms with van der Waals surface area (Å²) >= 11 is 11.9. The van der Waals surface area contributed by atoms with E-state index in [2.05, 4.69) is 0 Å². The van der Waals surface area contributed by atoms with Crippen LogP contribution in [-0.4, -0.2) is 48.8 Å². The van der Waals surface area contributed by atoms with Crippen molar-refractivity contribution < 1.29 is 14.6 Å². The molecule has 2 unspecified atom stereocenters. The Morgan fingerprint density at radius 3 is 2.67 bits per heavy atom. The van der Waals surface area contributed by atoms with E-state index < -0.39 is 18.1 Å². The molecule has 0 aliphatic rings. The van der Waals surface area contributed by atoms with Gasteiger partial charge in [0.2, 0.25) is 5.91 Å². The number of nitrogens with two attached hydrogens (primary N) is 1. The van der Waals surface area contributed by atoms with Crippen LogP contribution in [0.1, 0.15) is 18.6 Å². The van der Waals surface area contributed by atoms with Crippen molar-refractivity contribution in [1.82, 2.24) is 4.90 Å². The lowest BCUT2D eigenvalue weighted by Crippen LogP contribution is -2.46. The molecule has 0 heterocycles. The zero-order chi connectivity index (χ0) is 16.0. The normalized spacial score (nSPS) is 14.2. The van der Waals surface area contributed by atoms with Gasteiger partial charge in [-0.2, -0.15) is 0 Å². The minimum absolute atomic E-state index is 0.217. The highest BCUT2D eigenvalue weighted by atomic mass is 35.5. The molecule has 7 heteroatoms. The monoisotopic (exact) mass is 334 g/mol. The maximum atomic E-state index is 11.3. The molecule has 21 heavy (non-hydrogen) atoms. The summed E-state index contributed by atoms with van der Waals surface area (Å²) in [6.45, 7) is 2.81. The minimum Gasteiger partial charge on any atom is -0.387 e. The molecule has 0 radical (unpaired) electrons. The third kappa shape index (κ3) is 5.45. The smallest absolute Gasteiger partial charge is 0.234 e. The highest BCUT2D eigenvalue weighted by Gasteiger charge is 2.23. The summed E-state index contributed by atoms with van der Waals surface area (Å²) in [5, 5.41) is 11.2. The van der Waals surface area contributed by atoms with Gasteiger partial charge in [-0.1, -0.05) is 29.3 Å². The van der Waals surface area contributed by atoms with E-state index in [0.717, 1.165) is 0 Å². The fourth-order valence-corrected chi connectivity index (χ4v) is 2.46. The molecule has 0 fully saturated rings. The molecular weight excluding hydrogens is 315 g/mol. The lowest BCUT2D eigenvalue weighted by Gasteiger charge is -2.29. The second kappa shape index (κ2) is 8.56. The predicted octanol–water partition coefficient (Wildman–Crippen LogP) is 1.85. The van der Waals surface area contributed by atoms with Crippen molar-refractivity contribution in [2.75, 3.05) is 26.8 Å². The first-order valence-electron chi connectivity index (χ1n) is 6.52. The second-order valence-electron chi connectivity index (χ2n) is 4.75. The number of carbonyl (C=O) groups excluding carboxylic acids is 1. The number of hydrogen-bond donors (Lipinski definition) is 2. The maximum absolute atomic E-state index is 11.3. The van der Waals surface area contributed by atoms with Crippen LogP contribution in [0.5, 0.6) is 0 Å². The van der Waals surface area contributed by atoms with Gasteiger partial charge >= 0.3 is 0 Å². The van der Waals surface area contributed by atoms with E-state index in [1.165, 1.54) is 0 Å². The number of aliphatic hydroxyl groups excluding tert-OH is 1. The van der Waals surface area contributed by atoms with Crippen LogP contribution in [0.4, 0.5) is 0 Å². The second-order valence-corrected chi connectivity index (χ2v) is 5.59. The van der Waals surface area contributed by atoms with Crippen molar-refractivity contribution in [3.63, 3.8) is 0 Å². The van der Waals surface area contributed by atoms with Gasteiger partial charge in [-0.25, -0.2) is 0 Å². The van der Waals surface area contributed by atoms with E-state index in [1.54, 1.807) is 37.1 Å². The van der Waals surface area contributed by atoms with Crippen LogP contribution in [0.3, 0.4) is 0 Å². The first-order chi connectivity index (χ1) is 9.86. The minimum atomic E-state index is -0.853. The number of nitrogens with zero attached hydrogens (tertiary/aromatic N) is 1. The number of rotatable bonds is 8. The lowest BCUT2D eigenvalue weighted by molar-refractivity contribution is -0.123. The number of hydrogen-bond acceptors (Lipinski definition) is 4. The van der Waals surface area contributed by atoms with Crippen molar-refractivity contribution >= 4 is 29.1 Å². The average molecular weight is 335 g/mol. The van der Waals surface area contributed by atoms with Crippen LogP contribution in [0.15, 0.2) is 18.2 Å². The lowest BCUT2D eigenvalue weighted by atomic mass is 10.1. The number of halogens is 2. The quantitative estimate of drug-likeness (QED) is 0.760. The van der Waals surface area contributed by atoms with Crippen LogP contribution in [0, 0.1) is 0 Å².